The van der Waals surface area contributed by atoms with E-state index in [1.165, 1.54) is 5.69 Å². The Balaban J connectivity index is 1.98. The molecule has 1 aromatic rings. The normalized spacial score (nSPS) is 17.8. The van der Waals surface area contributed by atoms with Gasteiger partial charge in [0, 0.05) is 37.6 Å². The minimum Gasteiger partial charge on any atom is -0.399 e. The summed E-state index contributed by atoms with van der Waals surface area (Å²) in [6, 6.07) is 8.13. The van der Waals surface area contributed by atoms with Crippen molar-refractivity contribution in [2.24, 2.45) is 0 Å². The minimum atomic E-state index is 0.833. The molecule has 0 spiro atoms. The molecule has 1 heterocycles. The molecule has 0 saturated carbocycles. The zero-order valence-corrected chi connectivity index (χ0v) is 9.19. The number of nitrogens with two attached hydrogens (primary N) is 1. The summed E-state index contributed by atoms with van der Waals surface area (Å²) < 4.78 is 0. The molecule has 0 bridgehead atoms. The number of hydrogen-bond acceptors (Lipinski definition) is 3. The lowest BCUT2D eigenvalue weighted by atomic mass is 9.95. The highest BCUT2D eigenvalue weighted by Crippen LogP contribution is 2.17. The minimum absolute atomic E-state index is 0.833. The lowest BCUT2D eigenvalue weighted by molar-refractivity contribution is 0.408. The van der Waals surface area contributed by atoms with Crippen molar-refractivity contribution in [2.45, 2.75) is 6.82 Å². The third-order valence-corrected chi connectivity index (χ3v) is 2.94. The Morgan fingerprint density at radius 3 is 2.20 bits per heavy atom. The zero-order valence-electron chi connectivity index (χ0n) is 9.19. The summed E-state index contributed by atoms with van der Waals surface area (Å²) >= 11 is 0. The van der Waals surface area contributed by atoms with Gasteiger partial charge in [0.05, 0.1) is 0 Å². The van der Waals surface area contributed by atoms with Crippen LogP contribution in [0.4, 0.5) is 11.4 Å². The fourth-order valence-corrected chi connectivity index (χ4v) is 1.92. The second kappa shape index (κ2) is 4.58. The number of piperazine rings is 1. The average molecular weight is 202 g/mol. The van der Waals surface area contributed by atoms with Crippen molar-refractivity contribution in [3.8, 4) is 0 Å². The highest BCUT2D eigenvalue weighted by molar-refractivity contribution is 6.29. The standard InChI is InChI=1S/C11H17BN3/c1-12-15-8-6-14(7-9-15)11-4-2-10(13)3-5-11/h2-5H,6-9,13H2,1H3. The molecular formula is C11H17BN3. The topological polar surface area (TPSA) is 32.5 Å². The number of nitrogens with zero attached hydrogens (tertiary/aromatic N) is 2. The number of hydrogen-bond donors (Lipinski definition) is 1. The molecule has 4 heteroatoms. The lowest BCUT2D eigenvalue weighted by Crippen LogP contribution is -2.47. The van der Waals surface area contributed by atoms with Crippen molar-refractivity contribution in [2.75, 3.05) is 36.8 Å². The van der Waals surface area contributed by atoms with Gasteiger partial charge in [0.15, 0.2) is 0 Å². The number of nitrogen functional groups attached to an aromatic ring is 1. The van der Waals surface area contributed by atoms with Gasteiger partial charge in [-0.25, -0.2) is 0 Å². The Morgan fingerprint density at radius 1 is 1.07 bits per heavy atom. The van der Waals surface area contributed by atoms with Gasteiger partial charge in [-0.3, -0.25) is 0 Å². The Hall–Kier alpha value is -1.16. The van der Waals surface area contributed by atoms with Gasteiger partial charge < -0.3 is 15.4 Å². The molecule has 1 saturated heterocycles. The van der Waals surface area contributed by atoms with Gasteiger partial charge in [-0.05, 0) is 24.3 Å². The largest absolute Gasteiger partial charge is 0.399 e. The Morgan fingerprint density at radius 2 is 1.67 bits per heavy atom. The summed E-state index contributed by atoms with van der Waals surface area (Å²) in [4.78, 5) is 4.76. The first kappa shape index (κ1) is 10.4. The van der Waals surface area contributed by atoms with E-state index in [4.69, 9.17) is 5.73 Å². The molecule has 1 radical (unpaired) electrons. The van der Waals surface area contributed by atoms with E-state index in [1.807, 2.05) is 12.1 Å². The van der Waals surface area contributed by atoms with Gasteiger partial charge in [0.1, 0.15) is 0 Å². The van der Waals surface area contributed by atoms with E-state index >= 15 is 0 Å². The molecule has 1 aliphatic rings. The van der Waals surface area contributed by atoms with E-state index in [0.717, 1.165) is 31.9 Å². The van der Waals surface area contributed by atoms with Crippen LogP contribution >= 0.6 is 0 Å². The molecule has 15 heavy (non-hydrogen) atoms. The molecule has 1 aliphatic heterocycles. The molecule has 1 fully saturated rings. The van der Waals surface area contributed by atoms with E-state index in [-0.39, 0.29) is 0 Å². The predicted octanol–water partition coefficient (Wildman–Crippen LogP) is 1.06. The van der Waals surface area contributed by atoms with E-state index in [9.17, 15) is 0 Å². The van der Waals surface area contributed by atoms with E-state index in [1.54, 1.807) is 0 Å². The van der Waals surface area contributed by atoms with Crippen LogP contribution in [0.15, 0.2) is 24.3 Å². The van der Waals surface area contributed by atoms with Gasteiger partial charge in [0.25, 0.3) is 0 Å². The Labute approximate surface area is 92.1 Å². The Kier molecular flexibility index (Phi) is 3.16. The summed E-state index contributed by atoms with van der Waals surface area (Å²) in [5.41, 5.74) is 7.78. The quantitative estimate of drug-likeness (QED) is 0.574. The summed E-state index contributed by atoms with van der Waals surface area (Å²) in [6.45, 7) is 6.50. The first-order valence-electron chi connectivity index (χ1n) is 5.43. The van der Waals surface area contributed by atoms with Crippen molar-refractivity contribution in [3.63, 3.8) is 0 Å². The molecule has 3 nitrogen and oxygen atoms in total. The first-order valence-corrected chi connectivity index (χ1v) is 5.43. The van der Waals surface area contributed by atoms with Crippen molar-refractivity contribution < 1.29 is 0 Å². The molecule has 0 atom stereocenters. The van der Waals surface area contributed by atoms with Crippen LogP contribution in [0.1, 0.15) is 0 Å². The van der Waals surface area contributed by atoms with Crippen LogP contribution in [0.5, 0.6) is 0 Å². The van der Waals surface area contributed by atoms with Crippen LogP contribution in [0.2, 0.25) is 6.82 Å². The molecule has 0 unspecified atom stereocenters. The lowest BCUT2D eigenvalue weighted by Gasteiger charge is -2.35. The maximum absolute atomic E-state index is 5.67. The van der Waals surface area contributed by atoms with Crippen molar-refractivity contribution in [1.29, 1.82) is 0 Å². The number of anilines is 2. The van der Waals surface area contributed by atoms with Crippen LogP contribution in [0.25, 0.3) is 0 Å². The van der Waals surface area contributed by atoms with E-state index in [2.05, 4.69) is 36.1 Å². The smallest absolute Gasteiger partial charge is 0.205 e. The second-order valence-electron chi connectivity index (χ2n) is 3.87. The summed E-state index contributed by atoms with van der Waals surface area (Å²) in [6.07, 6.45) is 0. The highest BCUT2D eigenvalue weighted by Gasteiger charge is 2.15. The van der Waals surface area contributed by atoms with Gasteiger partial charge in [-0.15, -0.1) is 0 Å². The van der Waals surface area contributed by atoms with Gasteiger partial charge >= 0.3 is 0 Å². The SMILES string of the molecule is C[B]N1CCN(c2ccc(N)cc2)CC1. The average Bonchev–Trinajstić information content (AvgIpc) is 2.30. The zero-order chi connectivity index (χ0) is 10.7. The maximum atomic E-state index is 5.67. The predicted molar refractivity (Wildman–Crippen MR) is 66.3 cm³/mol. The van der Waals surface area contributed by atoms with Crippen LogP contribution in [0.3, 0.4) is 0 Å². The second-order valence-corrected chi connectivity index (χ2v) is 3.87. The van der Waals surface area contributed by atoms with Crippen LogP contribution in [0, 0.1) is 0 Å². The van der Waals surface area contributed by atoms with Gasteiger partial charge in [-0.1, -0.05) is 6.82 Å². The third-order valence-electron chi connectivity index (χ3n) is 2.94. The van der Waals surface area contributed by atoms with Crippen LogP contribution < -0.4 is 10.6 Å². The summed E-state index contributed by atoms with van der Waals surface area (Å²) in [5.74, 6) is 0. The fraction of sp³-hybridized carbons (Fsp3) is 0.455. The van der Waals surface area contributed by atoms with Crippen molar-refractivity contribution in [1.82, 2.24) is 4.81 Å². The summed E-state index contributed by atoms with van der Waals surface area (Å²) in [5, 5.41) is 0. The van der Waals surface area contributed by atoms with E-state index < -0.39 is 0 Å². The molecule has 1 aromatic carbocycles. The molecule has 0 aliphatic carbocycles. The molecule has 79 valence electrons. The fourth-order valence-electron chi connectivity index (χ4n) is 1.92. The third kappa shape index (κ3) is 2.45. The van der Waals surface area contributed by atoms with Crippen molar-refractivity contribution in [3.05, 3.63) is 24.3 Å². The molecule has 2 N–H and O–H groups in total. The van der Waals surface area contributed by atoms with Crippen LogP contribution in [-0.2, 0) is 0 Å². The monoisotopic (exact) mass is 202 g/mol. The highest BCUT2D eigenvalue weighted by atomic mass is 15.2. The molecule has 0 amide bonds. The number of benzene rings is 1. The first-order chi connectivity index (χ1) is 7.29. The number of rotatable bonds is 2. The van der Waals surface area contributed by atoms with Gasteiger partial charge in [0.2, 0.25) is 7.41 Å². The van der Waals surface area contributed by atoms with Crippen LogP contribution in [-0.4, -0.2) is 38.4 Å². The molecule has 2 rings (SSSR count). The molecule has 0 aromatic heterocycles. The van der Waals surface area contributed by atoms with E-state index in [0.29, 0.717) is 0 Å². The maximum Gasteiger partial charge on any atom is 0.205 e. The molecular weight excluding hydrogens is 185 g/mol. The van der Waals surface area contributed by atoms with Crippen molar-refractivity contribution >= 4 is 18.8 Å². The van der Waals surface area contributed by atoms with Gasteiger partial charge in [-0.2, -0.15) is 0 Å². The Bertz CT molecular complexity index is 304. The summed E-state index contributed by atoms with van der Waals surface area (Å²) in [7, 11) is 2.17.